The SMILES string of the molecule is CC1CC(N)CN(c2c(NC(=O)c3ccc(F)c(-c4c(F)cccc4F)n3)cnc3c2CCC3)C1. The Balaban J connectivity index is 1.51. The Morgan fingerprint density at radius 2 is 1.86 bits per heavy atom. The van der Waals surface area contributed by atoms with Gasteiger partial charge in [-0.1, -0.05) is 13.0 Å². The van der Waals surface area contributed by atoms with Gasteiger partial charge in [0.25, 0.3) is 5.91 Å². The van der Waals surface area contributed by atoms with Crippen molar-refractivity contribution in [3.05, 3.63) is 70.9 Å². The number of aryl methyl sites for hydroxylation is 1. The predicted octanol–water partition coefficient (Wildman–Crippen LogP) is 4.48. The van der Waals surface area contributed by atoms with E-state index in [1.165, 1.54) is 12.1 Å². The number of anilines is 2. The zero-order chi connectivity index (χ0) is 24.7. The fourth-order valence-corrected chi connectivity index (χ4v) is 5.18. The van der Waals surface area contributed by atoms with Crippen molar-refractivity contribution in [1.29, 1.82) is 0 Å². The van der Waals surface area contributed by atoms with E-state index < -0.39 is 34.6 Å². The monoisotopic (exact) mass is 481 g/mol. The highest BCUT2D eigenvalue weighted by molar-refractivity contribution is 6.05. The Kier molecular flexibility index (Phi) is 6.19. The number of nitrogens with one attached hydrogen (secondary N) is 1. The van der Waals surface area contributed by atoms with E-state index >= 15 is 0 Å². The van der Waals surface area contributed by atoms with Crippen LogP contribution in [-0.4, -0.2) is 35.0 Å². The molecule has 5 rings (SSSR count). The number of pyridine rings is 2. The van der Waals surface area contributed by atoms with E-state index in [2.05, 4.69) is 27.1 Å². The molecular weight excluding hydrogens is 455 g/mol. The van der Waals surface area contributed by atoms with E-state index in [-0.39, 0.29) is 11.7 Å². The van der Waals surface area contributed by atoms with E-state index in [4.69, 9.17) is 5.73 Å². The standard InChI is InChI=1S/C26H26F3N5O/c1-14-10-15(30)13-34(12-14)25-16-4-2-7-20(16)31-11-22(25)33-26(35)21-9-8-19(29)24(32-21)23-17(27)5-3-6-18(23)28/h3,5-6,8-9,11,14-15H,2,4,7,10,12-13,30H2,1H3,(H,33,35). The van der Waals surface area contributed by atoms with Crippen molar-refractivity contribution in [1.82, 2.24) is 9.97 Å². The van der Waals surface area contributed by atoms with E-state index in [0.29, 0.717) is 18.2 Å². The number of rotatable bonds is 4. The first-order valence-electron chi connectivity index (χ1n) is 11.8. The molecule has 0 spiro atoms. The maximum atomic E-state index is 14.5. The van der Waals surface area contributed by atoms with E-state index in [9.17, 15) is 18.0 Å². The summed E-state index contributed by atoms with van der Waals surface area (Å²) in [6, 6.07) is 5.39. The molecule has 3 aromatic rings. The van der Waals surface area contributed by atoms with Crippen LogP contribution in [0.15, 0.2) is 36.5 Å². The van der Waals surface area contributed by atoms with Crippen molar-refractivity contribution < 1.29 is 18.0 Å². The number of halogens is 3. The Bertz CT molecular complexity index is 1270. The molecule has 1 aliphatic heterocycles. The van der Waals surface area contributed by atoms with Crippen molar-refractivity contribution in [3.8, 4) is 11.3 Å². The van der Waals surface area contributed by atoms with Gasteiger partial charge in [0.05, 0.1) is 23.1 Å². The second-order valence-electron chi connectivity index (χ2n) is 9.38. The largest absolute Gasteiger partial charge is 0.368 e. The molecule has 182 valence electrons. The summed E-state index contributed by atoms with van der Waals surface area (Å²) in [5.74, 6) is -3.09. The first kappa shape index (κ1) is 23.3. The predicted molar refractivity (Wildman–Crippen MR) is 128 cm³/mol. The summed E-state index contributed by atoms with van der Waals surface area (Å²) in [5.41, 5.74) is 8.50. The fraction of sp³-hybridized carbons (Fsp3) is 0.346. The third-order valence-electron chi connectivity index (χ3n) is 6.61. The summed E-state index contributed by atoms with van der Waals surface area (Å²) in [4.78, 5) is 23.9. The molecule has 0 saturated carbocycles. The van der Waals surface area contributed by atoms with Gasteiger partial charge in [0.15, 0.2) is 0 Å². The molecule has 35 heavy (non-hydrogen) atoms. The molecule has 1 aliphatic carbocycles. The van der Waals surface area contributed by atoms with Crippen LogP contribution >= 0.6 is 0 Å². The number of carbonyl (C=O) groups excluding carboxylic acids is 1. The van der Waals surface area contributed by atoms with Crippen LogP contribution in [0.4, 0.5) is 24.5 Å². The highest BCUT2D eigenvalue weighted by atomic mass is 19.1. The minimum atomic E-state index is -0.963. The molecular formula is C26H26F3N5O. The number of amides is 1. The maximum Gasteiger partial charge on any atom is 0.274 e. The molecule has 6 nitrogen and oxygen atoms in total. The van der Waals surface area contributed by atoms with E-state index in [0.717, 1.165) is 67.4 Å². The summed E-state index contributed by atoms with van der Waals surface area (Å²) < 4.78 is 43.0. The van der Waals surface area contributed by atoms with Gasteiger partial charge in [0, 0.05) is 24.8 Å². The second-order valence-corrected chi connectivity index (χ2v) is 9.38. The molecule has 0 radical (unpaired) electrons. The average molecular weight is 482 g/mol. The summed E-state index contributed by atoms with van der Waals surface area (Å²) in [5, 5.41) is 2.85. The Morgan fingerprint density at radius 1 is 1.09 bits per heavy atom. The van der Waals surface area contributed by atoms with Gasteiger partial charge in [-0.3, -0.25) is 9.78 Å². The molecule has 3 heterocycles. The van der Waals surface area contributed by atoms with Crippen molar-refractivity contribution in [2.45, 2.75) is 38.6 Å². The molecule has 9 heteroatoms. The molecule has 1 saturated heterocycles. The Labute approximate surface area is 201 Å². The molecule has 3 N–H and O–H groups in total. The Hall–Kier alpha value is -3.46. The van der Waals surface area contributed by atoms with E-state index in [1.807, 2.05) is 0 Å². The van der Waals surface area contributed by atoms with Gasteiger partial charge in [0.1, 0.15) is 28.8 Å². The average Bonchev–Trinajstić information content (AvgIpc) is 3.28. The van der Waals surface area contributed by atoms with Crippen molar-refractivity contribution in [2.24, 2.45) is 11.7 Å². The molecule has 2 aliphatic rings. The third kappa shape index (κ3) is 4.48. The summed E-state index contributed by atoms with van der Waals surface area (Å²) in [6.07, 6.45) is 5.28. The minimum Gasteiger partial charge on any atom is -0.368 e. The highest BCUT2D eigenvalue weighted by Crippen LogP contribution is 2.38. The van der Waals surface area contributed by atoms with Crippen molar-refractivity contribution in [2.75, 3.05) is 23.3 Å². The zero-order valence-corrected chi connectivity index (χ0v) is 19.3. The third-order valence-corrected chi connectivity index (χ3v) is 6.61. The van der Waals surface area contributed by atoms with Gasteiger partial charge in [-0.05, 0) is 61.4 Å². The van der Waals surface area contributed by atoms with E-state index in [1.54, 1.807) is 6.20 Å². The van der Waals surface area contributed by atoms with Gasteiger partial charge >= 0.3 is 0 Å². The van der Waals surface area contributed by atoms with Crippen LogP contribution in [0, 0.1) is 23.4 Å². The number of hydrogen-bond donors (Lipinski definition) is 2. The number of benzene rings is 1. The number of carbonyl (C=O) groups is 1. The van der Waals surface area contributed by atoms with Gasteiger partial charge in [-0.2, -0.15) is 0 Å². The quantitative estimate of drug-likeness (QED) is 0.574. The van der Waals surface area contributed by atoms with Crippen LogP contribution in [0.5, 0.6) is 0 Å². The number of nitrogens with zero attached hydrogens (tertiary/aromatic N) is 3. The van der Waals surface area contributed by atoms with Crippen LogP contribution in [0.3, 0.4) is 0 Å². The van der Waals surface area contributed by atoms with Gasteiger partial charge < -0.3 is 16.0 Å². The molecule has 2 unspecified atom stereocenters. The van der Waals surface area contributed by atoms with Crippen LogP contribution in [0.2, 0.25) is 0 Å². The molecule has 1 amide bonds. The lowest BCUT2D eigenvalue weighted by Gasteiger charge is -2.38. The van der Waals surface area contributed by atoms with Gasteiger partial charge in [-0.25, -0.2) is 18.2 Å². The van der Waals surface area contributed by atoms with Crippen molar-refractivity contribution in [3.63, 3.8) is 0 Å². The van der Waals surface area contributed by atoms with Gasteiger partial charge in [-0.15, -0.1) is 0 Å². The lowest BCUT2D eigenvalue weighted by Crippen LogP contribution is -2.47. The summed E-state index contributed by atoms with van der Waals surface area (Å²) in [7, 11) is 0. The zero-order valence-electron chi connectivity index (χ0n) is 19.3. The number of aromatic nitrogens is 2. The first-order chi connectivity index (χ1) is 16.8. The lowest BCUT2D eigenvalue weighted by molar-refractivity contribution is 0.102. The molecule has 2 atom stereocenters. The molecule has 1 aromatic carbocycles. The highest BCUT2D eigenvalue weighted by Gasteiger charge is 2.30. The topological polar surface area (TPSA) is 84.1 Å². The number of hydrogen-bond acceptors (Lipinski definition) is 5. The smallest absolute Gasteiger partial charge is 0.274 e. The second kappa shape index (κ2) is 9.30. The Morgan fingerprint density at radius 3 is 2.60 bits per heavy atom. The summed E-state index contributed by atoms with van der Waals surface area (Å²) >= 11 is 0. The first-order valence-corrected chi connectivity index (χ1v) is 11.8. The normalized spacial score (nSPS) is 19.5. The van der Waals surface area contributed by atoms with Crippen LogP contribution in [0.1, 0.15) is 41.5 Å². The fourth-order valence-electron chi connectivity index (χ4n) is 5.18. The molecule has 1 fully saturated rings. The van der Waals surface area contributed by atoms with Crippen LogP contribution in [0.25, 0.3) is 11.3 Å². The molecule has 2 aromatic heterocycles. The number of piperidine rings is 1. The number of fused-ring (bicyclic) bond motifs is 1. The van der Waals surface area contributed by atoms with Crippen molar-refractivity contribution >= 4 is 17.3 Å². The lowest BCUT2D eigenvalue weighted by atomic mass is 9.95. The number of nitrogens with two attached hydrogens (primary N) is 1. The van der Waals surface area contributed by atoms with Gasteiger partial charge in [0.2, 0.25) is 0 Å². The summed E-state index contributed by atoms with van der Waals surface area (Å²) in [6.45, 7) is 3.62. The van der Waals surface area contributed by atoms with Crippen LogP contribution < -0.4 is 16.0 Å². The molecule has 0 bridgehead atoms. The minimum absolute atomic E-state index is 0.0181. The van der Waals surface area contributed by atoms with Crippen LogP contribution in [-0.2, 0) is 12.8 Å². The maximum absolute atomic E-state index is 14.5.